The van der Waals surface area contributed by atoms with Crippen LogP contribution in [0.5, 0.6) is 0 Å². The molecule has 7 heteroatoms. The molecule has 0 saturated heterocycles. The highest BCUT2D eigenvalue weighted by atomic mass is 16.5. The summed E-state index contributed by atoms with van der Waals surface area (Å²) in [6, 6.07) is 0. The Bertz CT molecular complexity index is 185. The maximum atomic E-state index is 10.1. The van der Waals surface area contributed by atoms with Gasteiger partial charge in [0.25, 0.3) is 0 Å². The lowest BCUT2D eigenvalue weighted by atomic mass is 10.3. The molecular formula is C5H10N4O3. The minimum absolute atomic E-state index is 0.0353. The van der Waals surface area contributed by atoms with Gasteiger partial charge >= 0.3 is 0 Å². The predicted octanol–water partition coefficient (Wildman–Crippen LogP) is -1.33. The van der Waals surface area contributed by atoms with E-state index in [4.69, 9.17) is 16.5 Å². The molecule has 0 aromatic heterocycles. The average Bonchev–Trinajstić information content (AvgIpc) is 2.01. The molecule has 0 spiro atoms. The zero-order chi connectivity index (χ0) is 9.98. The maximum Gasteiger partial charge on any atom is 0.245 e. The Morgan fingerprint density at radius 3 is 2.25 bits per heavy atom. The number of primary amides is 1. The number of nitrogens with two attached hydrogens (primary N) is 1. The Kier molecular flexibility index (Phi) is 9.99. The Balaban J connectivity index is 0. The standard InChI is InChI=1S/C4H8N2O3.CH2N2/c5-3(7)1-2-4(8)6-9;1-3-2/h9H,1-2H2,(H2,5,7)(H,6,8);1H2. The van der Waals surface area contributed by atoms with Gasteiger partial charge < -0.3 is 11.3 Å². The van der Waals surface area contributed by atoms with Gasteiger partial charge in [-0.15, -0.1) is 0 Å². The van der Waals surface area contributed by atoms with Gasteiger partial charge in [-0.05, 0) is 0 Å². The zero-order valence-corrected chi connectivity index (χ0v) is 6.36. The fourth-order valence-corrected chi connectivity index (χ4v) is 0.293. The van der Waals surface area contributed by atoms with Gasteiger partial charge in [0.1, 0.15) is 0 Å². The molecule has 0 heterocycles. The Morgan fingerprint density at radius 1 is 1.58 bits per heavy atom. The van der Waals surface area contributed by atoms with E-state index in [1.165, 1.54) is 5.48 Å². The third-order valence-corrected chi connectivity index (χ3v) is 0.723. The predicted molar refractivity (Wildman–Crippen MR) is 39.1 cm³/mol. The largest absolute Gasteiger partial charge is 0.370 e. The topological polar surface area (TPSA) is 129 Å². The van der Waals surface area contributed by atoms with Crippen LogP contribution in [0.4, 0.5) is 0 Å². The van der Waals surface area contributed by atoms with E-state index in [0.29, 0.717) is 0 Å². The number of nitrogens with one attached hydrogen (secondary N) is 1. The molecule has 0 unspecified atom stereocenters. The van der Waals surface area contributed by atoms with Crippen molar-refractivity contribution in [2.24, 2.45) is 5.73 Å². The number of amides is 2. The fourth-order valence-electron chi connectivity index (χ4n) is 0.293. The van der Waals surface area contributed by atoms with Gasteiger partial charge in [-0.3, -0.25) is 14.8 Å². The smallest absolute Gasteiger partial charge is 0.245 e. The van der Waals surface area contributed by atoms with Crippen molar-refractivity contribution in [2.75, 3.05) is 0 Å². The first-order valence-electron chi connectivity index (χ1n) is 2.89. The minimum Gasteiger partial charge on any atom is -0.370 e. The first-order chi connectivity index (χ1) is 5.58. The molecule has 0 aliphatic rings. The second-order valence-electron chi connectivity index (χ2n) is 1.64. The van der Waals surface area contributed by atoms with Gasteiger partial charge in [-0.2, -0.15) is 4.79 Å². The van der Waals surface area contributed by atoms with Gasteiger partial charge in [0.05, 0.1) is 0 Å². The first-order valence-corrected chi connectivity index (χ1v) is 2.89. The number of hydrogen-bond donors (Lipinski definition) is 3. The summed E-state index contributed by atoms with van der Waals surface area (Å²) in [5.41, 5.74) is 13.2. The number of hydrogen-bond acceptors (Lipinski definition) is 3. The van der Waals surface area contributed by atoms with Crippen LogP contribution >= 0.6 is 0 Å². The maximum absolute atomic E-state index is 10.1. The number of nitrogens with zero attached hydrogens (tertiary/aromatic N) is 2. The van der Waals surface area contributed by atoms with Crippen molar-refractivity contribution in [3.05, 3.63) is 5.53 Å². The quantitative estimate of drug-likeness (QED) is 0.161. The molecule has 68 valence electrons. The molecule has 0 rings (SSSR count). The van der Waals surface area contributed by atoms with Gasteiger partial charge in [0.2, 0.25) is 18.5 Å². The number of hydroxylamine groups is 1. The SMILES string of the molecule is C=[N+]=[N-].NC(=O)CCC(=O)NO. The van der Waals surface area contributed by atoms with Crippen LogP contribution in [0.3, 0.4) is 0 Å². The molecule has 0 aliphatic heterocycles. The molecule has 0 aromatic carbocycles. The van der Waals surface area contributed by atoms with E-state index < -0.39 is 11.8 Å². The zero-order valence-electron chi connectivity index (χ0n) is 6.36. The van der Waals surface area contributed by atoms with E-state index in [9.17, 15) is 9.59 Å². The normalized spacial score (nSPS) is 7.08. The van der Waals surface area contributed by atoms with E-state index >= 15 is 0 Å². The van der Waals surface area contributed by atoms with E-state index in [0.717, 1.165) is 0 Å². The second kappa shape index (κ2) is 9.28. The van der Waals surface area contributed by atoms with Crippen molar-refractivity contribution in [2.45, 2.75) is 12.8 Å². The highest BCUT2D eigenvalue weighted by molar-refractivity contribution is 5.82. The third kappa shape index (κ3) is 15.7. The van der Waals surface area contributed by atoms with Crippen LogP contribution in [0.2, 0.25) is 0 Å². The molecular weight excluding hydrogens is 164 g/mol. The van der Waals surface area contributed by atoms with Gasteiger partial charge in [-0.25, -0.2) is 5.48 Å². The lowest BCUT2D eigenvalue weighted by molar-refractivity contribution is -0.131. The molecule has 7 nitrogen and oxygen atoms in total. The van der Waals surface area contributed by atoms with Crippen molar-refractivity contribution < 1.29 is 19.6 Å². The van der Waals surface area contributed by atoms with Crippen LogP contribution in [-0.4, -0.2) is 28.5 Å². The van der Waals surface area contributed by atoms with Crippen LogP contribution in [-0.2, 0) is 9.59 Å². The molecule has 2 amide bonds. The summed E-state index contributed by atoms with van der Waals surface area (Å²) in [7, 11) is 0. The monoisotopic (exact) mass is 174 g/mol. The van der Waals surface area contributed by atoms with Crippen molar-refractivity contribution in [3.63, 3.8) is 0 Å². The lowest BCUT2D eigenvalue weighted by Crippen LogP contribution is -2.21. The van der Waals surface area contributed by atoms with Crippen LogP contribution in [0, 0.1) is 0 Å². The van der Waals surface area contributed by atoms with Crippen LogP contribution in [0.25, 0.3) is 5.53 Å². The fraction of sp³-hybridized carbons (Fsp3) is 0.400. The average molecular weight is 174 g/mol. The van der Waals surface area contributed by atoms with Crippen molar-refractivity contribution in [3.8, 4) is 0 Å². The molecule has 0 radical (unpaired) electrons. The molecule has 12 heavy (non-hydrogen) atoms. The minimum atomic E-state index is -0.603. The highest BCUT2D eigenvalue weighted by Crippen LogP contribution is 1.84. The summed E-state index contributed by atoms with van der Waals surface area (Å²) >= 11 is 0. The molecule has 4 N–H and O–H groups in total. The van der Waals surface area contributed by atoms with Gasteiger partial charge in [0.15, 0.2) is 0 Å². The van der Waals surface area contributed by atoms with Crippen molar-refractivity contribution >= 4 is 18.5 Å². The van der Waals surface area contributed by atoms with E-state index in [1.54, 1.807) is 0 Å². The number of rotatable bonds is 3. The Hall–Kier alpha value is -1.72. The summed E-state index contributed by atoms with van der Waals surface area (Å²) in [5.74, 6) is -1.16. The summed E-state index contributed by atoms with van der Waals surface area (Å²) in [6.45, 7) is 2.67. The Labute approximate surface area is 68.7 Å². The number of carbonyl (C=O) groups is 2. The second-order valence-corrected chi connectivity index (χ2v) is 1.64. The summed E-state index contributed by atoms with van der Waals surface area (Å²) in [5, 5.41) is 7.90. The third-order valence-electron chi connectivity index (χ3n) is 0.723. The van der Waals surface area contributed by atoms with Crippen LogP contribution in [0.15, 0.2) is 0 Å². The Morgan fingerprint density at radius 2 is 2.00 bits per heavy atom. The first kappa shape index (κ1) is 12.9. The molecule has 0 aliphatic carbocycles. The van der Waals surface area contributed by atoms with Crippen LogP contribution < -0.4 is 11.2 Å². The molecule has 0 aromatic rings. The molecule has 0 fully saturated rings. The molecule has 0 atom stereocenters. The van der Waals surface area contributed by atoms with E-state index in [2.05, 4.69) is 11.5 Å². The summed E-state index contributed by atoms with van der Waals surface area (Å²) < 4.78 is 0. The van der Waals surface area contributed by atoms with Crippen molar-refractivity contribution in [1.82, 2.24) is 5.48 Å². The number of carbonyl (C=O) groups excluding carboxylic acids is 2. The van der Waals surface area contributed by atoms with E-state index in [-0.39, 0.29) is 12.8 Å². The van der Waals surface area contributed by atoms with Gasteiger partial charge in [-0.1, -0.05) is 0 Å². The molecule has 0 bridgehead atoms. The van der Waals surface area contributed by atoms with Gasteiger partial charge in [0, 0.05) is 12.8 Å². The van der Waals surface area contributed by atoms with E-state index in [1.807, 2.05) is 0 Å². The highest BCUT2D eigenvalue weighted by Gasteiger charge is 2.00. The summed E-state index contributed by atoms with van der Waals surface area (Å²) in [6.07, 6.45) is -0.0990. The van der Waals surface area contributed by atoms with Crippen LogP contribution in [0.1, 0.15) is 12.8 Å². The van der Waals surface area contributed by atoms with Crippen molar-refractivity contribution in [1.29, 1.82) is 0 Å². The summed E-state index contributed by atoms with van der Waals surface area (Å²) in [4.78, 5) is 22.4. The molecule has 0 saturated carbocycles. The lowest BCUT2D eigenvalue weighted by Gasteiger charge is -1.92.